The minimum atomic E-state index is -4.49. The van der Waals surface area contributed by atoms with Gasteiger partial charge in [-0.15, -0.1) is 0 Å². The molecule has 0 saturated heterocycles. The normalized spacial score (nSPS) is 12.8. The van der Waals surface area contributed by atoms with E-state index in [9.17, 15) is 22.8 Å². The van der Waals surface area contributed by atoms with Gasteiger partial charge in [0.05, 0.1) is 11.5 Å². The number of carbonyl (C=O) groups is 2. The first-order chi connectivity index (χ1) is 9.71. The maximum atomic E-state index is 12.3. The molecule has 1 aromatic rings. The molecule has 1 amide bonds. The molecule has 0 spiro atoms. The molecule has 0 radical (unpaired) electrons. The van der Waals surface area contributed by atoms with Crippen LogP contribution in [-0.2, 0) is 11.0 Å². The van der Waals surface area contributed by atoms with E-state index < -0.39 is 29.5 Å². The van der Waals surface area contributed by atoms with Gasteiger partial charge in [-0.25, -0.2) is 0 Å². The fraction of sp³-hybridized carbons (Fsp3) is 0.462. The maximum absolute atomic E-state index is 12.3. The van der Waals surface area contributed by atoms with E-state index in [-0.39, 0.29) is 12.2 Å². The maximum Gasteiger partial charge on any atom is 0.417 e. The van der Waals surface area contributed by atoms with Crippen LogP contribution in [0.25, 0.3) is 0 Å². The van der Waals surface area contributed by atoms with E-state index in [1.54, 1.807) is 6.92 Å². The molecule has 0 aromatic carbocycles. The Kier molecular flexibility index (Phi) is 5.69. The van der Waals surface area contributed by atoms with Gasteiger partial charge in [0.15, 0.2) is 0 Å². The molecule has 8 heteroatoms. The first-order valence-corrected chi connectivity index (χ1v) is 6.26. The van der Waals surface area contributed by atoms with Gasteiger partial charge in [0, 0.05) is 12.7 Å². The summed E-state index contributed by atoms with van der Waals surface area (Å²) in [5.41, 5.74) is -1.04. The molecule has 1 rings (SSSR count). The third-order valence-corrected chi connectivity index (χ3v) is 2.84. The highest BCUT2D eigenvalue weighted by Gasteiger charge is 2.30. The number of alkyl halides is 3. The van der Waals surface area contributed by atoms with Gasteiger partial charge in [0.2, 0.25) is 0 Å². The molecular weight excluding hydrogens is 289 g/mol. The zero-order chi connectivity index (χ0) is 16.0. The van der Waals surface area contributed by atoms with Gasteiger partial charge in [-0.1, -0.05) is 6.92 Å². The molecule has 1 unspecified atom stereocenters. The average molecular weight is 304 g/mol. The van der Waals surface area contributed by atoms with Gasteiger partial charge in [-0.2, -0.15) is 13.2 Å². The average Bonchev–Trinajstić information content (AvgIpc) is 2.42. The van der Waals surface area contributed by atoms with Gasteiger partial charge in [0.1, 0.15) is 5.69 Å². The number of hydrogen-bond donors (Lipinski definition) is 2. The van der Waals surface area contributed by atoms with Gasteiger partial charge < -0.3 is 10.4 Å². The predicted octanol–water partition coefficient (Wildman–Crippen LogP) is 2.33. The first-order valence-electron chi connectivity index (χ1n) is 6.26. The van der Waals surface area contributed by atoms with Gasteiger partial charge in [-0.3, -0.25) is 14.6 Å². The van der Waals surface area contributed by atoms with E-state index in [1.165, 1.54) is 0 Å². The molecule has 1 atom stereocenters. The molecule has 1 heterocycles. The second-order valence-corrected chi connectivity index (χ2v) is 4.57. The Bertz CT molecular complexity index is 500. The summed E-state index contributed by atoms with van der Waals surface area (Å²) < 4.78 is 37.0. The summed E-state index contributed by atoms with van der Waals surface area (Å²) in [5.74, 6) is -2.01. The van der Waals surface area contributed by atoms with Crippen LogP contribution in [0, 0.1) is 5.92 Å². The lowest BCUT2D eigenvalue weighted by atomic mass is 10.1. The van der Waals surface area contributed by atoms with Crippen molar-refractivity contribution < 1.29 is 27.9 Å². The van der Waals surface area contributed by atoms with Crippen molar-refractivity contribution in [1.29, 1.82) is 0 Å². The van der Waals surface area contributed by atoms with Crippen LogP contribution in [0.15, 0.2) is 18.3 Å². The number of carboxylic acid groups (broad SMARTS) is 1. The minimum Gasteiger partial charge on any atom is -0.481 e. The zero-order valence-electron chi connectivity index (χ0n) is 11.3. The second kappa shape index (κ2) is 7.05. The molecule has 0 aliphatic rings. The third-order valence-electron chi connectivity index (χ3n) is 2.84. The van der Waals surface area contributed by atoms with E-state index >= 15 is 0 Å². The number of aliphatic carboxylic acids is 1. The molecule has 21 heavy (non-hydrogen) atoms. The van der Waals surface area contributed by atoms with Crippen molar-refractivity contribution >= 4 is 11.9 Å². The van der Waals surface area contributed by atoms with E-state index in [0.29, 0.717) is 19.0 Å². The summed E-state index contributed by atoms with van der Waals surface area (Å²) in [5, 5.41) is 11.1. The van der Waals surface area contributed by atoms with Crippen LogP contribution in [0.4, 0.5) is 13.2 Å². The standard InChI is InChI=1S/C13H15F3N2O3/c1-8(12(20)21)3-2-6-17-11(19)10-5-4-9(7-18-10)13(14,15)16/h4-5,7-8H,2-3,6H2,1H3,(H,17,19)(H,20,21). The molecule has 0 fully saturated rings. The smallest absolute Gasteiger partial charge is 0.417 e. The highest BCUT2D eigenvalue weighted by atomic mass is 19.4. The Morgan fingerprint density at radius 2 is 2.05 bits per heavy atom. The number of nitrogens with zero attached hydrogens (tertiary/aromatic N) is 1. The molecule has 0 bridgehead atoms. The molecule has 0 aliphatic carbocycles. The number of carboxylic acids is 1. The van der Waals surface area contributed by atoms with E-state index in [1.807, 2.05) is 0 Å². The predicted molar refractivity (Wildman–Crippen MR) is 67.6 cm³/mol. The molecule has 0 aliphatic heterocycles. The zero-order valence-corrected chi connectivity index (χ0v) is 11.3. The van der Waals surface area contributed by atoms with Gasteiger partial charge >= 0.3 is 12.1 Å². The van der Waals surface area contributed by atoms with Crippen molar-refractivity contribution in [2.45, 2.75) is 25.9 Å². The van der Waals surface area contributed by atoms with Crippen molar-refractivity contribution in [3.05, 3.63) is 29.6 Å². The Morgan fingerprint density at radius 3 is 2.52 bits per heavy atom. The number of rotatable bonds is 6. The van der Waals surface area contributed by atoms with Crippen molar-refractivity contribution in [2.75, 3.05) is 6.54 Å². The molecule has 0 saturated carbocycles. The van der Waals surface area contributed by atoms with E-state index in [4.69, 9.17) is 5.11 Å². The Labute approximate surface area is 119 Å². The number of pyridine rings is 1. The quantitative estimate of drug-likeness (QED) is 0.791. The largest absolute Gasteiger partial charge is 0.481 e. The molecule has 2 N–H and O–H groups in total. The van der Waals surface area contributed by atoms with Crippen LogP contribution < -0.4 is 5.32 Å². The molecular formula is C13H15F3N2O3. The van der Waals surface area contributed by atoms with Crippen LogP contribution in [0.3, 0.4) is 0 Å². The van der Waals surface area contributed by atoms with Crippen LogP contribution in [0.2, 0.25) is 0 Å². The van der Waals surface area contributed by atoms with Crippen molar-refractivity contribution in [2.24, 2.45) is 5.92 Å². The number of hydrogen-bond acceptors (Lipinski definition) is 3. The monoisotopic (exact) mass is 304 g/mol. The fourth-order valence-electron chi connectivity index (χ4n) is 1.52. The highest BCUT2D eigenvalue weighted by molar-refractivity contribution is 5.92. The molecule has 5 nitrogen and oxygen atoms in total. The van der Waals surface area contributed by atoms with Crippen LogP contribution in [0.1, 0.15) is 35.8 Å². The summed E-state index contributed by atoms with van der Waals surface area (Å²) in [4.78, 5) is 25.6. The van der Waals surface area contributed by atoms with E-state index in [0.717, 1.165) is 12.1 Å². The lowest BCUT2D eigenvalue weighted by Crippen LogP contribution is -2.26. The fourth-order valence-corrected chi connectivity index (χ4v) is 1.52. The number of amides is 1. The summed E-state index contributed by atoms with van der Waals surface area (Å²) in [6, 6.07) is 1.78. The summed E-state index contributed by atoms with van der Waals surface area (Å²) in [6.45, 7) is 1.79. The Morgan fingerprint density at radius 1 is 1.38 bits per heavy atom. The SMILES string of the molecule is CC(CCCNC(=O)c1ccc(C(F)(F)F)cn1)C(=O)O. The van der Waals surface area contributed by atoms with Crippen molar-refractivity contribution in [3.63, 3.8) is 0 Å². The Balaban J connectivity index is 2.44. The summed E-state index contributed by atoms with van der Waals surface area (Å²) in [6.07, 6.45) is -3.04. The van der Waals surface area contributed by atoms with Crippen molar-refractivity contribution in [3.8, 4) is 0 Å². The molecule has 1 aromatic heterocycles. The molecule has 116 valence electrons. The minimum absolute atomic E-state index is 0.116. The second-order valence-electron chi connectivity index (χ2n) is 4.57. The Hall–Kier alpha value is -2.12. The van der Waals surface area contributed by atoms with E-state index in [2.05, 4.69) is 10.3 Å². The number of nitrogens with one attached hydrogen (secondary N) is 1. The van der Waals surface area contributed by atoms with Crippen LogP contribution in [0.5, 0.6) is 0 Å². The lowest BCUT2D eigenvalue weighted by Gasteiger charge is -2.08. The first kappa shape index (κ1) is 16.9. The third kappa shape index (κ3) is 5.41. The summed E-state index contributed by atoms with van der Waals surface area (Å²) >= 11 is 0. The topological polar surface area (TPSA) is 79.3 Å². The van der Waals surface area contributed by atoms with Gasteiger partial charge in [0.25, 0.3) is 5.91 Å². The lowest BCUT2D eigenvalue weighted by molar-refractivity contribution is -0.141. The summed E-state index contributed by atoms with van der Waals surface area (Å²) in [7, 11) is 0. The van der Waals surface area contributed by atoms with Crippen molar-refractivity contribution in [1.82, 2.24) is 10.3 Å². The number of halogens is 3. The van der Waals surface area contributed by atoms with Crippen LogP contribution in [-0.4, -0.2) is 28.5 Å². The number of carbonyl (C=O) groups excluding carboxylic acids is 1. The van der Waals surface area contributed by atoms with Crippen LogP contribution >= 0.6 is 0 Å². The van der Waals surface area contributed by atoms with Gasteiger partial charge in [-0.05, 0) is 25.0 Å². The number of aromatic nitrogens is 1. The highest BCUT2D eigenvalue weighted by Crippen LogP contribution is 2.28.